The molecule has 0 aromatic carbocycles. The lowest BCUT2D eigenvalue weighted by molar-refractivity contribution is 0.0718. The van der Waals surface area contributed by atoms with E-state index >= 15 is 0 Å². The highest BCUT2D eigenvalue weighted by molar-refractivity contribution is 9.12. The van der Waals surface area contributed by atoms with E-state index in [1.165, 1.54) is 44.9 Å². The Bertz CT molecular complexity index is 397. The summed E-state index contributed by atoms with van der Waals surface area (Å²) in [5.41, 5.74) is 1.06. The van der Waals surface area contributed by atoms with Crippen LogP contribution in [0.15, 0.2) is 13.6 Å². The highest BCUT2D eigenvalue weighted by atomic mass is 79.9. The molecule has 1 fully saturated rings. The van der Waals surface area contributed by atoms with Crippen molar-refractivity contribution in [1.29, 1.82) is 0 Å². The minimum Gasteiger partial charge on any atom is -0.388 e. The largest absolute Gasteiger partial charge is 0.388 e. The summed E-state index contributed by atoms with van der Waals surface area (Å²) in [4.78, 5) is 0. The smallest absolute Gasteiger partial charge is 0.0837 e. The Morgan fingerprint density at radius 3 is 2.53 bits per heavy atom. The standard InChI is InChI=1S/C15H22Br2OS/c1-2-3-4-10-5-7-11(8-6-10)14(18)12-9-13(16)19-15(12)17/h9-11,14,18H,2-8H2,1H3. The lowest BCUT2D eigenvalue weighted by atomic mass is 9.76. The second kappa shape index (κ2) is 7.58. The minimum atomic E-state index is -0.302. The van der Waals surface area contributed by atoms with Gasteiger partial charge in [0.05, 0.1) is 13.7 Å². The van der Waals surface area contributed by atoms with Crippen LogP contribution in [0, 0.1) is 11.8 Å². The zero-order chi connectivity index (χ0) is 13.8. The molecule has 0 bridgehead atoms. The molecule has 108 valence electrons. The summed E-state index contributed by atoms with van der Waals surface area (Å²) >= 11 is 8.70. The van der Waals surface area contributed by atoms with Gasteiger partial charge in [-0.15, -0.1) is 11.3 Å². The minimum absolute atomic E-state index is 0.302. The van der Waals surface area contributed by atoms with Gasteiger partial charge < -0.3 is 5.11 Å². The molecule has 0 aliphatic heterocycles. The third kappa shape index (κ3) is 4.29. The summed E-state index contributed by atoms with van der Waals surface area (Å²) in [6.07, 6.45) is 8.69. The summed E-state index contributed by atoms with van der Waals surface area (Å²) in [6.45, 7) is 2.27. The van der Waals surface area contributed by atoms with Crippen molar-refractivity contribution in [2.24, 2.45) is 11.8 Å². The van der Waals surface area contributed by atoms with Crippen LogP contribution in [0.25, 0.3) is 0 Å². The average molecular weight is 410 g/mol. The van der Waals surface area contributed by atoms with E-state index in [9.17, 15) is 5.11 Å². The van der Waals surface area contributed by atoms with Gasteiger partial charge in [0.1, 0.15) is 0 Å². The third-order valence-corrected chi connectivity index (χ3v) is 6.69. The van der Waals surface area contributed by atoms with Crippen molar-refractivity contribution < 1.29 is 5.11 Å². The van der Waals surface area contributed by atoms with Gasteiger partial charge in [-0.25, -0.2) is 0 Å². The van der Waals surface area contributed by atoms with Gasteiger partial charge in [0, 0.05) is 5.56 Å². The van der Waals surface area contributed by atoms with Crippen molar-refractivity contribution in [2.45, 2.75) is 58.0 Å². The fourth-order valence-electron chi connectivity index (χ4n) is 3.09. The van der Waals surface area contributed by atoms with Crippen molar-refractivity contribution in [3.8, 4) is 0 Å². The molecule has 19 heavy (non-hydrogen) atoms. The summed E-state index contributed by atoms with van der Waals surface area (Å²) in [5.74, 6) is 1.34. The fraction of sp³-hybridized carbons (Fsp3) is 0.733. The lowest BCUT2D eigenvalue weighted by Crippen LogP contribution is -2.20. The predicted molar refractivity (Wildman–Crippen MR) is 89.7 cm³/mol. The maximum atomic E-state index is 10.6. The van der Waals surface area contributed by atoms with Crippen LogP contribution < -0.4 is 0 Å². The number of aliphatic hydroxyl groups is 1. The first-order valence-electron chi connectivity index (χ1n) is 7.24. The molecule has 1 atom stereocenters. The summed E-state index contributed by atoms with van der Waals surface area (Å²) in [7, 11) is 0. The highest BCUT2D eigenvalue weighted by Gasteiger charge is 2.28. The van der Waals surface area contributed by atoms with E-state index in [0.717, 1.165) is 19.1 Å². The molecule has 2 rings (SSSR count). The molecule has 0 saturated heterocycles. The molecule has 1 aliphatic carbocycles. The number of halogens is 2. The van der Waals surface area contributed by atoms with Gasteiger partial charge in [-0.2, -0.15) is 0 Å². The molecule has 1 aromatic heterocycles. The van der Waals surface area contributed by atoms with E-state index in [1.54, 1.807) is 11.3 Å². The first kappa shape index (κ1) is 16.0. The molecular weight excluding hydrogens is 388 g/mol. The first-order chi connectivity index (χ1) is 9.11. The number of aliphatic hydroxyl groups excluding tert-OH is 1. The van der Waals surface area contributed by atoms with Crippen LogP contribution in [0.1, 0.15) is 63.5 Å². The molecule has 1 nitrogen and oxygen atoms in total. The Hall–Kier alpha value is 0.620. The molecule has 1 unspecified atom stereocenters. The average Bonchev–Trinajstić information content (AvgIpc) is 2.75. The normalized spacial score (nSPS) is 25.5. The van der Waals surface area contributed by atoms with E-state index in [4.69, 9.17) is 0 Å². The Morgan fingerprint density at radius 2 is 2.00 bits per heavy atom. The van der Waals surface area contributed by atoms with Crippen LogP contribution in [0.3, 0.4) is 0 Å². The molecule has 1 saturated carbocycles. The molecule has 0 spiro atoms. The molecule has 1 N–H and O–H groups in total. The molecular formula is C15H22Br2OS. The highest BCUT2D eigenvalue weighted by Crippen LogP contribution is 2.43. The maximum Gasteiger partial charge on any atom is 0.0837 e. The van der Waals surface area contributed by atoms with Gasteiger partial charge in [-0.1, -0.05) is 39.0 Å². The van der Waals surface area contributed by atoms with Crippen LogP contribution in [-0.2, 0) is 0 Å². The van der Waals surface area contributed by atoms with Crippen LogP contribution in [0.5, 0.6) is 0 Å². The summed E-state index contributed by atoms with van der Waals surface area (Å²) < 4.78 is 2.16. The topological polar surface area (TPSA) is 20.2 Å². The fourth-order valence-corrected chi connectivity index (χ4v) is 6.00. The monoisotopic (exact) mass is 408 g/mol. The first-order valence-corrected chi connectivity index (χ1v) is 9.64. The van der Waals surface area contributed by atoms with E-state index in [0.29, 0.717) is 5.92 Å². The van der Waals surface area contributed by atoms with Crippen LogP contribution in [-0.4, -0.2) is 5.11 Å². The van der Waals surface area contributed by atoms with Crippen LogP contribution >= 0.6 is 43.2 Å². The molecule has 1 aromatic rings. The zero-order valence-corrected chi connectivity index (χ0v) is 15.4. The summed E-state index contributed by atoms with van der Waals surface area (Å²) in [5, 5.41) is 10.6. The van der Waals surface area contributed by atoms with Gasteiger partial charge in [0.25, 0.3) is 0 Å². The van der Waals surface area contributed by atoms with Crippen molar-refractivity contribution >= 4 is 43.2 Å². The Balaban J connectivity index is 1.89. The van der Waals surface area contributed by atoms with Gasteiger partial charge in [-0.05, 0) is 62.6 Å². The van der Waals surface area contributed by atoms with Gasteiger partial charge in [0.15, 0.2) is 0 Å². The summed E-state index contributed by atoms with van der Waals surface area (Å²) in [6, 6.07) is 2.06. The van der Waals surface area contributed by atoms with E-state index in [1.807, 2.05) is 0 Å². The third-order valence-electron chi connectivity index (χ3n) is 4.31. The van der Waals surface area contributed by atoms with Crippen molar-refractivity contribution in [3.05, 3.63) is 19.2 Å². The number of hydrogen-bond donors (Lipinski definition) is 1. The number of rotatable bonds is 5. The number of hydrogen-bond acceptors (Lipinski definition) is 2. The zero-order valence-electron chi connectivity index (χ0n) is 11.4. The van der Waals surface area contributed by atoms with Crippen molar-refractivity contribution in [3.63, 3.8) is 0 Å². The Morgan fingerprint density at radius 1 is 1.32 bits per heavy atom. The number of unbranched alkanes of at least 4 members (excludes halogenated alkanes) is 1. The van der Waals surface area contributed by atoms with E-state index < -0.39 is 0 Å². The van der Waals surface area contributed by atoms with E-state index in [-0.39, 0.29) is 6.10 Å². The maximum absolute atomic E-state index is 10.6. The molecule has 1 aliphatic rings. The Labute approximate surface area is 137 Å². The lowest BCUT2D eigenvalue weighted by Gasteiger charge is -2.31. The SMILES string of the molecule is CCCCC1CCC(C(O)c2cc(Br)sc2Br)CC1. The van der Waals surface area contributed by atoms with E-state index in [2.05, 4.69) is 44.8 Å². The number of thiophene rings is 1. The predicted octanol–water partition coefficient (Wildman–Crippen LogP) is 6.30. The van der Waals surface area contributed by atoms with Gasteiger partial charge in [0.2, 0.25) is 0 Å². The quantitative estimate of drug-likeness (QED) is 0.604. The molecule has 0 amide bonds. The van der Waals surface area contributed by atoms with Crippen LogP contribution in [0.4, 0.5) is 0 Å². The molecule has 0 radical (unpaired) electrons. The molecule has 1 heterocycles. The second-order valence-electron chi connectivity index (χ2n) is 5.65. The van der Waals surface area contributed by atoms with Crippen molar-refractivity contribution in [1.82, 2.24) is 0 Å². The second-order valence-corrected chi connectivity index (χ2v) is 9.40. The van der Waals surface area contributed by atoms with Gasteiger partial charge >= 0.3 is 0 Å². The molecule has 4 heteroatoms. The van der Waals surface area contributed by atoms with Crippen LogP contribution in [0.2, 0.25) is 0 Å². The van der Waals surface area contributed by atoms with Crippen molar-refractivity contribution in [2.75, 3.05) is 0 Å². The van der Waals surface area contributed by atoms with Gasteiger partial charge in [-0.3, -0.25) is 0 Å². The Kier molecular flexibility index (Phi) is 6.38.